The SMILES string of the molecule is CO[C@@H](CC[C@H](C)[C@H]1O[C@]2(C=C[C@@H]1C)[C@H](C(=O)O[C@H]1CC(=O)O[C@H]1C)C(=O)[C@H](C)CC2(C)C)c1cccc(O)c1. The molecule has 2 fully saturated rings. The van der Waals surface area contributed by atoms with Gasteiger partial charge >= 0.3 is 11.9 Å². The Morgan fingerprint density at radius 1 is 1.18 bits per heavy atom. The number of carbonyl (C=O) groups is 3. The van der Waals surface area contributed by atoms with Crippen molar-refractivity contribution in [1.29, 1.82) is 0 Å². The Bertz CT molecular complexity index is 1140. The molecule has 1 aromatic rings. The summed E-state index contributed by atoms with van der Waals surface area (Å²) in [5, 5.41) is 9.92. The smallest absolute Gasteiger partial charge is 0.320 e. The maximum atomic E-state index is 13.8. The molecule has 8 nitrogen and oxygen atoms in total. The number of ether oxygens (including phenoxy) is 4. The van der Waals surface area contributed by atoms with Crippen LogP contribution in [0.1, 0.15) is 78.9 Å². The van der Waals surface area contributed by atoms with E-state index in [2.05, 4.69) is 19.9 Å². The van der Waals surface area contributed by atoms with Crippen LogP contribution in [0.3, 0.4) is 0 Å². The van der Waals surface area contributed by atoms with Gasteiger partial charge in [-0.05, 0) is 55.2 Å². The Morgan fingerprint density at radius 3 is 2.52 bits per heavy atom. The predicted molar refractivity (Wildman–Crippen MR) is 148 cm³/mol. The van der Waals surface area contributed by atoms with Gasteiger partial charge in [0.1, 0.15) is 29.5 Å². The molecule has 0 unspecified atom stereocenters. The zero-order chi connectivity index (χ0) is 29.4. The van der Waals surface area contributed by atoms with Gasteiger partial charge in [0.2, 0.25) is 0 Å². The highest BCUT2D eigenvalue weighted by molar-refractivity contribution is 6.03. The van der Waals surface area contributed by atoms with E-state index in [9.17, 15) is 19.5 Å². The molecule has 0 bridgehead atoms. The number of esters is 2. The quantitative estimate of drug-likeness (QED) is 0.260. The maximum absolute atomic E-state index is 13.8. The van der Waals surface area contributed by atoms with Crippen LogP contribution < -0.4 is 0 Å². The van der Waals surface area contributed by atoms with E-state index in [1.807, 2.05) is 32.9 Å². The Morgan fingerprint density at radius 2 is 1.90 bits per heavy atom. The van der Waals surface area contributed by atoms with Gasteiger partial charge in [0, 0.05) is 18.9 Å². The molecule has 1 spiro atoms. The minimum atomic E-state index is -1.18. The van der Waals surface area contributed by atoms with Crippen molar-refractivity contribution in [2.24, 2.45) is 29.1 Å². The highest BCUT2D eigenvalue weighted by Gasteiger charge is 2.63. The van der Waals surface area contributed by atoms with Crippen LogP contribution in [0.5, 0.6) is 5.75 Å². The molecule has 2 aliphatic heterocycles. The zero-order valence-corrected chi connectivity index (χ0v) is 24.7. The first kappa shape index (κ1) is 30.3. The normalized spacial score (nSPS) is 34.9. The van der Waals surface area contributed by atoms with E-state index in [1.54, 1.807) is 32.2 Å². The lowest BCUT2D eigenvalue weighted by Crippen LogP contribution is -2.65. The first-order valence-corrected chi connectivity index (χ1v) is 14.4. The fraction of sp³-hybridized carbons (Fsp3) is 0.656. The summed E-state index contributed by atoms with van der Waals surface area (Å²) in [6.07, 6.45) is 4.29. The summed E-state index contributed by atoms with van der Waals surface area (Å²) in [7, 11) is 1.66. The third-order valence-corrected chi connectivity index (χ3v) is 9.25. The summed E-state index contributed by atoms with van der Waals surface area (Å²) in [6.45, 7) is 11.8. The molecule has 0 radical (unpaired) electrons. The van der Waals surface area contributed by atoms with Gasteiger partial charge in [0.15, 0.2) is 5.78 Å². The molecule has 3 aliphatic rings. The topological polar surface area (TPSA) is 108 Å². The molecule has 1 saturated heterocycles. The van der Waals surface area contributed by atoms with Crippen molar-refractivity contribution >= 4 is 17.7 Å². The molecule has 2 heterocycles. The number of carbonyl (C=O) groups excluding carboxylic acids is 3. The third-order valence-electron chi connectivity index (χ3n) is 9.25. The number of hydrogen-bond acceptors (Lipinski definition) is 8. The fourth-order valence-electron chi connectivity index (χ4n) is 6.90. The Hall–Kier alpha value is -2.71. The van der Waals surface area contributed by atoms with Crippen LogP contribution in [0.15, 0.2) is 36.4 Å². The number of phenolic OH excluding ortho intramolecular Hbond substituents is 1. The summed E-state index contributed by atoms with van der Waals surface area (Å²) in [4.78, 5) is 39.2. The number of rotatable bonds is 8. The Balaban J connectivity index is 1.58. The second-order valence-electron chi connectivity index (χ2n) is 12.7. The number of cyclic esters (lactones) is 1. The van der Waals surface area contributed by atoms with Gasteiger partial charge < -0.3 is 24.1 Å². The molecule has 40 heavy (non-hydrogen) atoms. The molecule has 9 atom stereocenters. The van der Waals surface area contributed by atoms with Gasteiger partial charge in [-0.25, -0.2) is 0 Å². The van der Waals surface area contributed by atoms with Crippen LogP contribution in [0.25, 0.3) is 0 Å². The second kappa shape index (κ2) is 11.6. The van der Waals surface area contributed by atoms with Crippen molar-refractivity contribution in [3.8, 4) is 5.75 Å². The van der Waals surface area contributed by atoms with Crippen LogP contribution in [-0.2, 0) is 33.3 Å². The average molecular weight is 557 g/mol. The van der Waals surface area contributed by atoms with Crippen LogP contribution in [0, 0.1) is 29.1 Å². The van der Waals surface area contributed by atoms with Crippen LogP contribution in [0.2, 0.25) is 0 Å². The summed E-state index contributed by atoms with van der Waals surface area (Å²) < 4.78 is 23.7. The summed E-state index contributed by atoms with van der Waals surface area (Å²) in [6, 6.07) is 7.09. The van der Waals surface area contributed by atoms with Crippen LogP contribution >= 0.6 is 0 Å². The van der Waals surface area contributed by atoms with E-state index in [4.69, 9.17) is 18.9 Å². The number of methoxy groups -OCH3 is 1. The van der Waals surface area contributed by atoms with E-state index in [0.29, 0.717) is 12.8 Å². The molecular weight excluding hydrogens is 512 g/mol. The highest BCUT2D eigenvalue weighted by atomic mass is 16.6. The molecule has 0 aromatic heterocycles. The van der Waals surface area contributed by atoms with Crippen molar-refractivity contribution in [3.63, 3.8) is 0 Å². The number of hydrogen-bond donors (Lipinski definition) is 1. The lowest BCUT2D eigenvalue weighted by atomic mass is 9.55. The predicted octanol–water partition coefficient (Wildman–Crippen LogP) is 5.32. The molecule has 1 saturated carbocycles. The fourth-order valence-corrected chi connectivity index (χ4v) is 6.90. The Labute approximate surface area is 237 Å². The van der Waals surface area contributed by atoms with Crippen molar-refractivity contribution in [1.82, 2.24) is 0 Å². The zero-order valence-electron chi connectivity index (χ0n) is 24.7. The van der Waals surface area contributed by atoms with E-state index < -0.39 is 41.1 Å². The molecule has 1 aromatic carbocycles. The van der Waals surface area contributed by atoms with Crippen LogP contribution in [-0.4, -0.2) is 53.9 Å². The standard InChI is InChI=1S/C32H44O8/c1-18(11-12-24(37-7)22-9-8-10-23(33)15-22)29-19(2)13-14-32(40-29)27(28(35)20(3)17-31(32,5)6)30(36)39-25-16-26(34)38-21(25)4/h8-10,13-15,18-21,24-25,27,29,33H,11-12,16-17H2,1-7H3/t18-,19-,20+,21-,24-,25-,27-,29+,32+/m0/s1. The van der Waals surface area contributed by atoms with E-state index in [1.165, 1.54) is 0 Å². The molecule has 4 rings (SSSR count). The van der Waals surface area contributed by atoms with E-state index in [0.717, 1.165) is 12.0 Å². The van der Waals surface area contributed by atoms with Crippen molar-refractivity contribution in [2.45, 2.75) is 97.2 Å². The van der Waals surface area contributed by atoms with Crippen molar-refractivity contribution in [3.05, 3.63) is 42.0 Å². The number of ketones is 1. The third kappa shape index (κ3) is 5.70. The first-order valence-electron chi connectivity index (χ1n) is 14.4. The molecule has 1 N–H and O–H groups in total. The lowest BCUT2D eigenvalue weighted by Gasteiger charge is -2.56. The number of phenols is 1. The monoisotopic (exact) mass is 556 g/mol. The van der Waals surface area contributed by atoms with Gasteiger partial charge in [-0.15, -0.1) is 0 Å². The van der Waals surface area contributed by atoms with Gasteiger partial charge in [-0.1, -0.05) is 58.9 Å². The minimum Gasteiger partial charge on any atom is -0.508 e. The van der Waals surface area contributed by atoms with E-state index >= 15 is 0 Å². The molecule has 0 amide bonds. The largest absolute Gasteiger partial charge is 0.508 e. The average Bonchev–Trinajstić information content (AvgIpc) is 3.20. The van der Waals surface area contributed by atoms with Gasteiger partial charge in [-0.3, -0.25) is 14.4 Å². The molecule has 8 heteroatoms. The van der Waals surface area contributed by atoms with Gasteiger partial charge in [0.25, 0.3) is 0 Å². The first-order chi connectivity index (χ1) is 18.8. The molecule has 220 valence electrons. The minimum absolute atomic E-state index is 0.0208. The van der Waals surface area contributed by atoms with Gasteiger partial charge in [-0.2, -0.15) is 0 Å². The summed E-state index contributed by atoms with van der Waals surface area (Å²) >= 11 is 0. The summed E-state index contributed by atoms with van der Waals surface area (Å²) in [5.74, 6) is -2.42. The molecule has 1 aliphatic carbocycles. The van der Waals surface area contributed by atoms with Crippen molar-refractivity contribution < 1.29 is 38.4 Å². The number of Topliss-reactive ketones (excluding diaryl/α,β-unsaturated/α-hetero) is 1. The second-order valence-corrected chi connectivity index (χ2v) is 12.7. The highest BCUT2D eigenvalue weighted by Crippen LogP contribution is 2.54. The molecular formula is C32H44O8. The van der Waals surface area contributed by atoms with Crippen LogP contribution in [0.4, 0.5) is 0 Å². The summed E-state index contributed by atoms with van der Waals surface area (Å²) in [5.41, 5.74) is -0.816. The number of benzene rings is 1. The van der Waals surface area contributed by atoms with Crippen molar-refractivity contribution in [2.75, 3.05) is 7.11 Å². The Kier molecular flexibility index (Phi) is 8.81. The number of aromatic hydroxyl groups is 1. The van der Waals surface area contributed by atoms with E-state index in [-0.39, 0.29) is 47.9 Å². The van der Waals surface area contributed by atoms with Gasteiger partial charge in [0.05, 0.1) is 18.6 Å². The maximum Gasteiger partial charge on any atom is 0.320 e. The lowest BCUT2D eigenvalue weighted by molar-refractivity contribution is -0.218.